The van der Waals surface area contributed by atoms with Gasteiger partial charge in [0.1, 0.15) is 5.75 Å². The van der Waals surface area contributed by atoms with Gasteiger partial charge in [-0.2, -0.15) is 0 Å². The van der Waals surface area contributed by atoms with Gasteiger partial charge < -0.3 is 5.11 Å². The molecule has 7 nitrogen and oxygen atoms in total. The Morgan fingerprint density at radius 2 is 1.74 bits per heavy atom. The Hall–Kier alpha value is -3.06. The maximum atomic E-state index is 12.1. The quantitative estimate of drug-likeness (QED) is 0.457. The topological polar surface area (TPSA) is 93.7 Å². The molecule has 120 valence electrons. The van der Waals surface area contributed by atoms with E-state index in [1.807, 2.05) is 30.3 Å². The third kappa shape index (κ3) is 5.33. The minimum absolute atomic E-state index is 0.182. The normalized spacial score (nSPS) is 9.91. The molecule has 3 amide bonds. The number of nitrogens with one attached hydrogen (secondary N) is 3. The van der Waals surface area contributed by atoms with Crippen LogP contribution < -0.4 is 16.3 Å². The van der Waals surface area contributed by atoms with Crippen LogP contribution in [0.5, 0.6) is 5.75 Å². The van der Waals surface area contributed by atoms with Crippen molar-refractivity contribution in [1.82, 2.24) is 21.3 Å². The first kappa shape index (κ1) is 16.3. The summed E-state index contributed by atoms with van der Waals surface area (Å²) in [6.07, 6.45) is 0.447. The molecule has 0 fully saturated rings. The van der Waals surface area contributed by atoms with Gasteiger partial charge in [0, 0.05) is 6.54 Å². The van der Waals surface area contributed by atoms with E-state index in [1.165, 1.54) is 0 Å². The zero-order valence-electron chi connectivity index (χ0n) is 12.4. The van der Waals surface area contributed by atoms with Crippen molar-refractivity contribution in [3.8, 4) is 5.75 Å². The highest BCUT2D eigenvalue weighted by atomic mass is 16.3. The van der Waals surface area contributed by atoms with E-state index < -0.39 is 6.03 Å². The van der Waals surface area contributed by atoms with Gasteiger partial charge in [-0.15, -0.1) is 0 Å². The molecule has 2 aromatic rings. The van der Waals surface area contributed by atoms with Crippen LogP contribution in [0.15, 0.2) is 54.6 Å². The third-order valence-corrected chi connectivity index (χ3v) is 3.06. The molecule has 0 aliphatic carbocycles. The van der Waals surface area contributed by atoms with Crippen molar-refractivity contribution >= 4 is 12.4 Å². The van der Waals surface area contributed by atoms with Crippen LogP contribution in [-0.4, -0.2) is 22.6 Å². The van der Waals surface area contributed by atoms with Gasteiger partial charge in [-0.05, 0) is 23.3 Å². The lowest BCUT2D eigenvalue weighted by atomic mass is 10.2. The summed E-state index contributed by atoms with van der Waals surface area (Å²) in [4.78, 5) is 22.7. The van der Waals surface area contributed by atoms with Crippen LogP contribution in [0.3, 0.4) is 0 Å². The average Bonchev–Trinajstić information content (AvgIpc) is 2.57. The second-order valence-electron chi connectivity index (χ2n) is 4.77. The standard InChI is InChI=1S/C16H18N4O3/c21-12-18-20(11-14-4-2-1-3-5-14)16(23)19-17-10-13-6-8-15(22)9-7-13/h1-9,12,17,22H,10-11H2,(H,18,21)(H,19,23). The number of rotatable bonds is 7. The van der Waals surface area contributed by atoms with Gasteiger partial charge in [-0.1, -0.05) is 42.5 Å². The fourth-order valence-electron chi connectivity index (χ4n) is 1.91. The molecule has 0 radical (unpaired) electrons. The van der Waals surface area contributed by atoms with Crippen molar-refractivity contribution < 1.29 is 14.7 Å². The van der Waals surface area contributed by atoms with Gasteiger partial charge in [0.25, 0.3) is 0 Å². The van der Waals surface area contributed by atoms with Crippen LogP contribution in [0, 0.1) is 0 Å². The molecule has 0 saturated heterocycles. The number of hydrogen-bond donors (Lipinski definition) is 4. The molecule has 0 aliphatic heterocycles. The number of nitrogens with zero attached hydrogens (tertiary/aromatic N) is 1. The molecule has 0 spiro atoms. The van der Waals surface area contributed by atoms with E-state index in [1.54, 1.807) is 24.3 Å². The highest BCUT2D eigenvalue weighted by Crippen LogP contribution is 2.09. The van der Waals surface area contributed by atoms with Crippen LogP contribution in [0.4, 0.5) is 4.79 Å². The first-order chi connectivity index (χ1) is 11.2. The minimum atomic E-state index is -0.486. The van der Waals surface area contributed by atoms with Crippen LogP contribution in [-0.2, 0) is 17.9 Å². The van der Waals surface area contributed by atoms with Crippen LogP contribution in [0.1, 0.15) is 11.1 Å². The second kappa shape index (κ2) is 8.40. The number of phenols is 1. The highest BCUT2D eigenvalue weighted by molar-refractivity contribution is 5.74. The van der Waals surface area contributed by atoms with E-state index in [9.17, 15) is 14.7 Å². The van der Waals surface area contributed by atoms with E-state index in [0.29, 0.717) is 13.0 Å². The number of hydrogen-bond acceptors (Lipinski definition) is 4. The molecule has 0 saturated carbocycles. The predicted octanol–water partition coefficient (Wildman–Crippen LogP) is 1.27. The molecule has 4 N–H and O–H groups in total. The van der Waals surface area contributed by atoms with Gasteiger partial charge in [0.05, 0.1) is 6.54 Å². The number of aromatic hydroxyl groups is 1. The van der Waals surface area contributed by atoms with Crippen molar-refractivity contribution in [1.29, 1.82) is 0 Å². The maximum absolute atomic E-state index is 12.1. The fraction of sp³-hybridized carbons (Fsp3) is 0.125. The third-order valence-electron chi connectivity index (χ3n) is 3.06. The Morgan fingerprint density at radius 3 is 2.39 bits per heavy atom. The van der Waals surface area contributed by atoms with Crippen molar-refractivity contribution in [2.45, 2.75) is 13.1 Å². The first-order valence-corrected chi connectivity index (χ1v) is 7.01. The number of amides is 3. The minimum Gasteiger partial charge on any atom is -0.508 e. The molecule has 0 bridgehead atoms. The maximum Gasteiger partial charge on any atom is 0.350 e. The van der Waals surface area contributed by atoms with Crippen molar-refractivity contribution in [3.05, 3.63) is 65.7 Å². The van der Waals surface area contributed by atoms with E-state index >= 15 is 0 Å². The van der Waals surface area contributed by atoms with Crippen molar-refractivity contribution in [2.75, 3.05) is 0 Å². The summed E-state index contributed by atoms with van der Waals surface area (Å²) >= 11 is 0. The number of carbonyl (C=O) groups is 2. The lowest BCUT2D eigenvalue weighted by Crippen LogP contribution is -2.51. The Labute approximate surface area is 133 Å². The molecule has 0 unspecified atom stereocenters. The number of urea groups is 1. The summed E-state index contributed by atoms with van der Waals surface area (Å²) < 4.78 is 0. The number of benzene rings is 2. The van der Waals surface area contributed by atoms with E-state index in [2.05, 4.69) is 16.3 Å². The average molecular weight is 314 g/mol. The van der Waals surface area contributed by atoms with E-state index in [4.69, 9.17) is 0 Å². The zero-order valence-corrected chi connectivity index (χ0v) is 12.4. The molecule has 0 atom stereocenters. The molecule has 2 aromatic carbocycles. The van der Waals surface area contributed by atoms with Crippen LogP contribution in [0.2, 0.25) is 0 Å². The Balaban J connectivity index is 1.85. The van der Waals surface area contributed by atoms with E-state index in [0.717, 1.165) is 16.1 Å². The van der Waals surface area contributed by atoms with Crippen LogP contribution in [0.25, 0.3) is 0 Å². The molecular weight excluding hydrogens is 296 g/mol. The smallest absolute Gasteiger partial charge is 0.350 e. The molecule has 23 heavy (non-hydrogen) atoms. The monoisotopic (exact) mass is 314 g/mol. The summed E-state index contributed by atoms with van der Waals surface area (Å²) in [7, 11) is 0. The summed E-state index contributed by atoms with van der Waals surface area (Å²) in [5, 5.41) is 10.4. The summed E-state index contributed by atoms with van der Waals surface area (Å²) in [6, 6.07) is 15.4. The summed E-state index contributed by atoms with van der Waals surface area (Å²) in [6.45, 7) is 0.624. The lowest BCUT2D eigenvalue weighted by Gasteiger charge is -2.21. The predicted molar refractivity (Wildman–Crippen MR) is 84.7 cm³/mol. The van der Waals surface area contributed by atoms with Gasteiger partial charge in [0.15, 0.2) is 0 Å². The van der Waals surface area contributed by atoms with E-state index in [-0.39, 0.29) is 12.3 Å². The molecule has 0 aliphatic rings. The summed E-state index contributed by atoms with van der Waals surface area (Å²) in [5.41, 5.74) is 9.40. The molecule has 2 rings (SSSR count). The van der Waals surface area contributed by atoms with Gasteiger partial charge in [-0.25, -0.2) is 15.2 Å². The van der Waals surface area contributed by atoms with Crippen molar-refractivity contribution in [3.63, 3.8) is 0 Å². The highest BCUT2D eigenvalue weighted by Gasteiger charge is 2.12. The molecular formula is C16H18N4O3. The van der Waals surface area contributed by atoms with Gasteiger partial charge >= 0.3 is 6.03 Å². The van der Waals surface area contributed by atoms with Gasteiger partial charge in [-0.3, -0.25) is 15.6 Å². The molecule has 0 aromatic heterocycles. The SMILES string of the molecule is O=CNN(Cc1ccccc1)C(=O)NNCc1ccc(O)cc1. The lowest BCUT2D eigenvalue weighted by molar-refractivity contribution is -0.112. The van der Waals surface area contributed by atoms with Gasteiger partial charge in [0.2, 0.25) is 6.41 Å². The zero-order chi connectivity index (χ0) is 16.5. The number of carbonyl (C=O) groups excluding carboxylic acids is 2. The Bertz CT molecular complexity index is 632. The largest absolute Gasteiger partial charge is 0.508 e. The number of phenolic OH excluding ortho intramolecular Hbond substituents is 1. The molecule has 0 heterocycles. The second-order valence-corrected chi connectivity index (χ2v) is 4.77. The summed E-state index contributed by atoms with van der Waals surface area (Å²) in [5.74, 6) is 0.182. The molecule has 7 heteroatoms. The first-order valence-electron chi connectivity index (χ1n) is 7.01. The number of hydrazine groups is 2. The van der Waals surface area contributed by atoms with Crippen molar-refractivity contribution in [2.24, 2.45) is 0 Å². The van der Waals surface area contributed by atoms with Crippen LogP contribution >= 0.6 is 0 Å². The Kier molecular flexibility index (Phi) is 5.96. The Morgan fingerprint density at radius 1 is 1.04 bits per heavy atom. The fourth-order valence-corrected chi connectivity index (χ4v) is 1.91.